The Balaban J connectivity index is 2.02. The molecule has 0 bridgehead atoms. The normalized spacial score (nSPS) is 22.1. The molecular weight excluding hydrogens is 222 g/mol. The molecule has 0 aromatic heterocycles. The van der Waals surface area contributed by atoms with Crippen molar-refractivity contribution in [3.05, 3.63) is 41.5 Å². The zero-order chi connectivity index (χ0) is 11.9. The van der Waals surface area contributed by atoms with Crippen LogP contribution < -0.4 is 10.1 Å². The molecule has 2 aliphatic rings. The van der Waals surface area contributed by atoms with Gasteiger partial charge < -0.3 is 10.1 Å². The average molecular weight is 239 g/mol. The second-order valence-corrected chi connectivity index (χ2v) is 5.25. The minimum atomic E-state index is 0.475. The molecule has 0 spiro atoms. The smallest absolute Gasteiger partial charge is 0.128 e. The van der Waals surface area contributed by atoms with E-state index in [1.54, 1.807) is 0 Å². The number of hydrogen-bond acceptors (Lipinski definition) is 2. The second-order valence-electron chi connectivity index (χ2n) is 5.25. The van der Waals surface area contributed by atoms with Crippen LogP contribution in [0.3, 0.4) is 0 Å². The van der Waals surface area contributed by atoms with Gasteiger partial charge in [-0.05, 0) is 41.8 Å². The Labute approximate surface area is 107 Å². The zero-order valence-electron chi connectivity index (χ0n) is 10.4. The lowest BCUT2D eigenvalue weighted by atomic mass is 9.93. The summed E-state index contributed by atoms with van der Waals surface area (Å²) in [5.74, 6) is 1.16. The lowest BCUT2D eigenvalue weighted by Gasteiger charge is -2.18. The summed E-state index contributed by atoms with van der Waals surface area (Å²) in [7, 11) is 0. The maximum atomic E-state index is 5.91. The molecule has 2 aromatic carbocycles. The standard InChI is InChI=1S/C16H17NO/c1-2-5-13-11(4-1)10-12-7-9-18-16(12)15(13)14-6-3-8-17-14/h1-2,4-5,10,14,17H,3,6-9H2/t14-/m0/s1. The molecule has 1 N–H and O–H groups in total. The number of hydrogen-bond donors (Lipinski definition) is 1. The quantitative estimate of drug-likeness (QED) is 0.825. The van der Waals surface area contributed by atoms with Gasteiger partial charge in [-0.25, -0.2) is 0 Å². The molecular formula is C16H17NO. The summed E-state index contributed by atoms with van der Waals surface area (Å²) in [5.41, 5.74) is 2.79. The van der Waals surface area contributed by atoms with Crippen molar-refractivity contribution in [1.29, 1.82) is 0 Å². The van der Waals surface area contributed by atoms with E-state index in [1.165, 1.54) is 34.7 Å². The number of benzene rings is 2. The van der Waals surface area contributed by atoms with Crippen LogP contribution >= 0.6 is 0 Å². The van der Waals surface area contributed by atoms with Crippen molar-refractivity contribution in [2.45, 2.75) is 25.3 Å². The van der Waals surface area contributed by atoms with E-state index < -0.39 is 0 Å². The summed E-state index contributed by atoms with van der Waals surface area (Å²) in [6, 6.07) is 11.5. The number of fused-ring (bicyclic) bond motifs is 2. The first-order chi connectivity index (χ1) is 8.93. The fourth-order valence-electron chi connectivity index (χ4n) is 3.31. The van der Waals surface area contributed by atoms with Crippen molar-refractivity contribution in [2.75, 3.05) is 13.2 Å². The number of nitrogens with one attached hydrogen (secondary N) is 1. The van der Waals surface area contributed by atoms with Gasteiger partial charge in [-0.2, -0.15) is 0 Å². The maximum Gasteiger partial charge on any atom is 0.128 e. The molecule has 2 heteroatoms. The lowest BCUT2D eigenvalue weighted by molar-refractivity contribution is 0.350. The summed E-state index contributed by atoms with van der Waals surface area (Å²) < 4.78 is 5.91. The average Bonchev–Trinajstić information content (AvgIpc) is 3.06. The predicted octanol–water partition coefficient (Wildman–Crippen LogP) is 3.20. The first-order valence-electron chi connectivity index (χ1n) is 6.84. The summed E-state index contributed by atoms with van der Waals surface area (Å²) in [4.78, 5) is 0. The fourth-order valence-corrected chi connectivity index (χ4v) is 3.31. The van der Waals surface area contributed by atoms with E-state index in [2.05, 4.69) is 35.6 Å². The van der Waals surface area contributed by atoms with Gasteiger partial charge in [0.1, 0.15) is 5.75 Å². The van der Waals surface area contributed by atoms with Gasteiger partial charge in [0.15, 0.2) is 0 Å². The van der Waals surface area contributed by atoms with E-state index in [-0.39, 0.29) is 0 Å². The Morgan fingerprint density at radius 3 is 3.06 bits per heavy atom. The maximum absolute atomic E-state index is 5.91. The molecule has 2 heterocycles. The van der Waals surface area contributed by atoms with Gasteiger partial charge in [0.05, 0.1) is 6.61 Å². The molecule has 0 amide bonds. The van der Waals surface area contributed by atoms with E-state index in [0.29, 0.717) is 6.04 Å². The summed E-state index contributed by atoms with van der Waals surface area (Å²) in [5, 5.41) is 6.33. The molecule has 0 unspecified atom stereocenters. The molecule has 0 radical (unpaired) electrons. The molecule has 1 fully saturated rings. The third-order valence-electron chi connectivity index (χ3n) is 4.14. The monoisotopic (exact) mass is 239 g/mol. The Morgan fingerprint density at radius 2 is 2.17 bits per heavy atom. The summed E-state index contributed by atoms with van der Waals surface area (Å²) in [6.07, 6.45) is 3.55. The van der Waals surface area contributed by atoms with E-state index in [9.17, 15) is 0 Å². The van der Waals surface area contributed by atoms with Crippen molar-refractivity contribution in [3.8, 4) is 5.75 Å². The fraction of sp³-hybridized carbons (Fsp3) is 0.375. The molecule has 0 aliphatic carbocycles. The Kier molecular flexibility index (Phi) is 2.30. The van der Waals surface area contributed by atoms with Crippen molar-refractivity contribution in [3.63, 3.8) is 0 Å². The molecule has 92 valence electrons. The van der Waals surface area contributed by atoms with Crippen LogP contribution in [0.15, 0.2) is 30.3 Å². The highest BCUT2D eigenvalue weighted by Crippen LogP contribution is 2.41. The predicted molar refractivity (Wildman–Crippen MR) is 73.1 cm³/mol. The molecule has 4 rings (SSSR count). The summed E-state index contributed by atoms with van der Waals surface area (Å²) in [6.45, 7) is 1.97. The van der Waals surface area contributed by atoms with Crippen molar-refractivity contribution >= 4 is 10.8 Å². The minimum Gasteiger partial charge on any atom is -0.493 e. The SMILES string of the molecule is c1ccc2c([C@@H]3CCCN3)c3c(cc2c1)CCO3. The highest BCUT2D eigenvalue weighted by molar-refractivity contribution is 5.89. The van der Waals surface area contributed by atoms with E-state index in [0.717, 1.165) is 25.3 Å². The molecule has 0 saturated carbocycles. The Bertz CT molecular complexity index is 599. The highest BCUT2D eigenvalue weighted by atomic mass is 16.5. The third kappa shape index (κ3) is 1.45. The van der Waals surface area contributed by atoms with E-state index >= 15 is 0 Å². The first-order valence-corrected chi connectivity index (χ1v) is 6.84. The van der Waals surface area contributed by atoms with E-state index in [1.807, 2.05) is 0 Å². The molecule has 1 saturated heterocycles. The van der Waals surface area contributed by atoms with Crippen LogP contribution in [0, 0.1) is 0 Å². The lowest BCUT2D eigenvalue weighted by Crippen LogP contribution is -2.14. The van der Waals surface area contributed by atoms with Gasteiger partial charge in [0.25, 0.3) is 0 Å². The van der Waals surface area contributed by atoms with Crippen LogP contribution in [-0.4, -0.2) is 13.2 Å². The number of ether oxygens (including phenoxy) is 1. The molecule has 2 aromatic rings. The number of rotatable bonds is 1. The van der Waals surface area contributed by atoms with Crippen LogP contribution in [0.25, 0.3) is 10.8 Å². The van der Waals surface area contributed by atoms with Crippen molar-refractivity contribution in [1.82, 2.24) is 5.32 Å². The molecule has 18 heavy (non-hydrogen) atoms. The zero-order valence-corrected chi connectivity index (χ0v) is 10.4. The van der Waals surface area contributed by atoms with Crippen LogP contribution in [-0.2, 0) is 6.42 Å². The topological polar surface area (TPSA) is 21.3 Å². The van der Waals surface area contributed by atoms with Gasteiger partial charge in [-0.1, -0.05) is 24.3 Å². The molecule has 2 aliphatic heterocycles. The Hall–Kier alpha value is -1.54. The third-order valence-corrected chi connectivity index (χ3v) is 4.14. The van der Waals surface area contributed by atoms with Crippen LogP contribution in [0.1, 0.15) is 30.0 Å². The second kappa shape index (κ2) is 3.99. The van der Waals surface area contributed by atoms with Crippen molar-refractivity contribution in [2.24, 2.45) is 0 Å². The van der Waals surface area contributed by atoms with Gasteiger partial charge in [-0.3, -0.25) is 0 Å². The van der Waals surface area contributed by atoms with Gasteiger partial charge in [-0.15, -0.1) is 0 Å². The van der Waals surface area contributed by atoms with Gasteiger partial charge >= 0.3 is 0 Å². The van der Waals surface area contributed by atoms with Gasteiger partial charge in [0, 0.05) is 18.0 Å². The van der Waals surface area contributed by atoms with Crippen LogP contribution in [0.5, 0.6) is 5.75 Å². The minimum absolute atomic E-state index is 0.475. The largest absolute Gasteiger partial charge is 0.493 e. The first kappa shape index (κ1) is 10.4. The highest BCUT2D eigenvalue weighted by Gasteiger charge is 2.26. The van der Waals surface area contributed by atoms with Crippen LogP contribution in [0.2, 0.25) is 0 Å². The van der Waals surface area contributed by atoms with Crippen LogP contribution in [0.4, 0.5) is 0 Å². The van der Waals surface area contributed by atoms with Gasteiger partial charge in [0.2, 0.25) is 0 Å². The van der Waals surface area contributed by atoms with Crippen molar-refractivity contribution < 1.29 is 4.74 Å². The Morgan fingerprint density at radius 1 is 1.22 bits per heavy atom. The molecule has 2 nitrogen and oxygen atoms in total. The molecule has 1 atom stereocenters. The summed E-state index contributed by atoms with van der Waals surface area (Å²) >= 11 is 0. The van der Waals surface area contributed by atoms with E-state index in [4.69, 9.17) is 4.74 Å².